The van der Waals surface area contributed by atoms with Crippen molar-refractivity contribution in [1.82, 2.24) is 4.98 Å². The first-order valence-corrected chi connectivity index (χ1v) is 7.37. The van der Waals surface area contributed by atoms with Crippen LogP contribution >= 0.6 is 11.3 Å². The second-order valence-electron chi connectivity index (χ2n) is 5.30. The van der Waals surface area contributed by atoms with Gasteiger partial charge in [-0.1, -0.05) is 13.8 Å². The van der Waals surface area contributed by atoms with E-state index in [9.17, 15) is 4.79 Å². The molecule has 1 aromatic heterocycles. The maximum absolute atomic E-state index is 10.7. The zero-order valence-electron chi connectivity index (χ0n) is 10.9. The number of carboxylic acid groups (broad SMARTS) is 1. The lowest BCUT2D eigenvalue weighted by Crippen LogP contribution is -2.27. The van der Waals surface area contributed by atoms with Crippen molar-refractivity contribution < 1.29 is 9.90 Å². The number of rotatable bonds is 7. The largest absolute Gasteiger partial charge is 0.481 e. The van der Waals surface area contributed by atoms with Crippen LogP contribution in [-0.2, 0) is 11.2 Å². The van der Waals surface area contributed by atoms with Crippen molar-refractivity contribution in [2.24, 2.45) is 5.92 Å². The standard InChI is InChI=1S/C13H20N2O2S/c1-9(2)5-6-15(11-3-4-11)13-14-10(8-18-13)7-12(16)17/h8-9,11H,3-7H2,1-2H3,(H,16,17). The maximum atomic E-state index is 10.7. The normalized spacial score (nSPS) is 15.1. The highest BCUT2D eigenvalue weighted by Crippen LogP contribution is 2.34. The summed E-state index contributed by atoms with van der Waals surface area (Å²) in [6, 6.07) is 0.632. The first-order valence-electron chi connectivity index (χ1n) is 6.49. The summed E-state index contributed by atoms with van der Waals surface area (Å²) in [6.07, 6.45) is 3.67. The highest BCUT2D eigenvalue weighted by Gasteiger charge is 2.30. The van der Waals surface area contributed by atoms with E-state index < -0.39 is 5.97 Å². The van der Waals surface area contributed by atoms with Gasteiger partial charge in [-0.05, 0) is 25.2 Å². The maximum Gasteiger partial charge on any atom is 0.309 e. The molecule has 2 rings (SSSR count). The van der Waals surface area contributed by atoms with Crippen molar-refractivity contribution in [3.8, 4) is 0 Å². The Kier molecular flexibility index (Phi) is 4.22. The van der Waals surface area contributed by atoms with E-state index in [4.69, 9.17) is 5.11 Å². The zero-order valence-corrected chi connectivity index (χ0v) is 11.7. The van der Waals surface area contributed by atoms with Gasteiger partial charge in [0.25, 0.3) is 0 Å². The average Bonchev–Trinajstić information content (AvgIpc) is 3.00. The first-order chi connectivity index (χ1) is 8.56. The van der Waals surface area contributed by atoms with Crippen LogP contribution in [-0.4, -0.2) is 28.6 Å². The third-order valence-electron chi connectivity index (χ3n) is 3.05. The molecule has 0 aliphatic heterocycles. The molecule has 1 aliphatic carbocycles. The minimum atomic E-state index is -0.813. The van der Waals surface area contributed by atoms with Crippen LogP contribution in [0.25, 0.3) is 0 Å². The average molecular weight is 268 g/mol. The molecule has 1 fully saturated rings. The number of aromatic nitrogens is 1. The summed E-state index contributed by atoms with van der Waals surface area (Å²) >= 11 is 1.57. The second kappa shape index (κ2) is 5.69. The molecule has 0 saturated heterocycles. The smallest absolute Gasteiger partial charge is 0.309 e. The summed E-state index contributed by atoms with van der Waals surface area (Å²) in [5, 5.41) is 11.6. The molecule has 1 saturated carbocycles. The molecule has 0 aromatic carbocycles. The van der Waals surface area contributed by atoms with Crippen molar-refractivity contribution in [2.45, 2.75) is 45.6 Å². The Morgan fingerprint density at radius 3 is 2.89 bits per heavy atom. The van der Waals surface area contributed by atoms with Crippen molar-refractivity contribution >= 4 is 22.4 Å². The van der Waals surface area contributed by atoms with Crippen molar-refractivity contribution in [2.75, 3.05) is 11.4 Å². The van der Waals surface area contributed by atoms with E-state index in [1.54, 1.807) is 11.3 Å². The quantitative estimate of drug-likeness (QED) is 0.826. The Hall–Kier alpha value is -1.10. The fourth-order valence-electron chi connectivity index (χ4n) is 1.88. The molecule has 0 radical (unpaired) electrons. The molecule has 0 bridgehead atoms. The number of hydrogen-bond acceptors (Lipinski definition) is 4. The lowest BCUT2D eigenvalue weighted by Gasteiger charge is -2.22. The van der Waals surface area contributed by atoms with Gasteiger partial charge < -0.3 is 10.0 Å². The fraction of sp³-hybridized carbons (Fsp3) is 0.692. The van der Waals surface area contributed by atoms with Gasteiger partial charge in [0.15, 0.2) is 5.13 Å². The monoisotopic (exact) mass is 268 g/mol. The van der Waals surface area contributed by atoms with E-state index in [2.05, 4.69) is 23.7 Å². The van der Waals surface area contributed by atoms with Gasteiger partial charge in [-0.25, -0.2) is 4.98 Å². The SMILES string of the molecule is CC(C)CCN(c1nc(CC(=O)O)cs1)C1CC1. The van der Waals surface area contributed by atoms with Crippen LogP contribution in [0.4, 0.5) is 5.13 Å². The van der Waals surface area contributed by atoms with Gasteiger partial charge in [0.2, 0.25) is 0 Å². The van der Waals surface area contributed by atoms with Gasteiger partial charge in [0.1, 0.15) is 0 Å². The number of thiazole rings is 1. The van der Waals surface area contributed by atoms with Crippen LogP contribution in [0.1, 0.15) is 38.8 Å². The molecule has 4 nitrogen and oxygen atoms in total. The van der Waals surface area contributed by atoms with Crippen molar-refractivity contribution in [3.05, 3.63) is 11.1 Å². The molecule has 5 heteroatoms. The number of hydrogen-bond donors (Lipinski definition) is 1. The molecule has 1 N–H and O–H groups in total. The van der Waals surface area contributed by atoms with Crippen LogP contribution in [0.15, 0.2) is 5.38 Å². The van der Waals surface area contributed by atoms with Crippen LogP contribution in [0.2, 0.25) is 0 Å². The van der Waals surface area contributed by atoms with Crippen molar-refractivity contribution in [1.29, 1.82) is 0 Å². The minimum Gasteiger partial charge on any atom is -0.481 e. The summed E-state index contributed by atoms with van der Waals surface area (Å²) < 4.78 is 0. The van der Waals surface area contributed by atoms with Gasteiger partial charge in [-0.15, -0.1) is 11.3 Å². The van der Waals surface area contributed by atoms with E-state index in [0.29, 0.717) is 17.7 Å². The molecule has 1 aliphatic rings. The van der Waals surface area contributed by atoms with Crippen LogP contribution < -0.4 is 4.90 Å². The van der Waals surface area contributed by atoms with Crippen LogP contribution in [0.3, 0.4) is 0 Å². The molecule has 0 spiro atoms. The van der Waals surface area contributed by atoms with Gasteiger partial charge in [-0.2, -0.15) is 0 Å². The fourth-order valence-corrected chi connectivity index (χ4v) is 2.81. The van der Waals surface area contributed by atoms with E-state index >= 15 is 0 Å². The lowest BCUT2D eigenvalue weighted by molar-refractivity contribution is -0.136. The molecule has 1 heterocycles. The number of nitrogens with zero attached hydrogens (tertiary/aromatic N) is 2. The molecule has 100 valence electrons. The summed E-state index contributed by atoms with van der Waals surface area (Å²) in [7, 11) is 0. The third-order valence-corrected chi connectivity index (χ3v) is 3.98. The Labute approximate surface area is 112 Å². The lowest BCUT2D eigenvalue weighted by atomic mass is 10.1. The second-order valence-corrected chi connectivity index (χ2v) is 6.14. The number of aliphatic carboxylic acids is 1. The third kappa shape index (κ3) is 3.70. The van der Waals surface area contributed by atoms with E-state index in [1.807, 2.05) is 5.38 Å². The first kappa shape index (κ1) is 13.3. The molecule has 18 heavy (non-hydrogen) atoms. The Morgan fingerprint density at radius 1 is 1.61 bits per heavy atom. The molecule has 0 amide bonds. The van der Waals surface area contributed by atoms with Crippen LogP contribution in [0, 0.1) is 5.92 Å². The Balaban J connectivity index is 2.01. The molecule has 1 aromatic rings. The highest BCUT2D eigenvalue weighted by atomic mass is 32.1. The van der Waals surface area contributed by atoms with Gasteiger partial charge >= 0.3 is 5.97 Å². The van der Waals surface area contributed by atoms with E-state index in [1.165, 1.54) is 12.8 Å². The number of anilines is 1. The summed E-state index contributed by atoms with van der Waals surface area (Å²) in [6.45, 7) is 5.48. The van der Waals surface area contributed by atoms with Crippen LogP contribution in [0.5, 0.6) is 0 Å². The summed E-state index contributed by atoms with van der Waals surface area (Å²) in [5.74, 6) is -0.128. The van der Waals surface area contributed by atoms with E-state index in [0.717, 1.165) is 18.1 Å². The Bertz CT molecular complexity index is 413. The van der Waals surface area contributed by atoms with E-state index in [-0.39, 0.29) is 6.42 Å². The number of carboxylic acids is 1. The molecule has 0 unspecified atom stereocenters. The van der Waals surface area contributed by atoms with Gasteiger partial charge in [0, 0.05) is 18.0 Å². The van der Waals surface area contributed by atoms with Gasteiger partial charge in [0.05, 0.1) is 12.1 Å². The highest BCUT2D eigenvalue weighted by molar-refractivity contribution is 7.13. The topological polar surface area (TPSA) is 53.4 Å². The molecular formula is C13H20N2O2S. The van der Waals surface area contributed by atoms with Gasteiger partial charge in [-0.3, -0.25) is 4.79 Å². The number of carbonyl (C=O) groups is 1. The summed E-state index contributed by atoms with van der Waals surface area (Å²) in [5.41, 5.74) is 0.678. The molecule has 0 atom stereocenters. The predicted molar refractivity (Wildman–Crippen MR) is 73.3 cm³/mol. The van der Waals surface area contributed by atoms with Crippen molar-refractivity contribution in [3.63, 3.8) is 0 Å². The summed E-state index contributed by atoms with van der Waals surface area (Å²) in [4.78, 5) is 17.5. The molecular weight excluding hydrogens is 248 g/mol. The zero-order chi connectivity index (χ0) is 13.1. The Morgan fingerprint density at radius 2 is 2.33 bits per heavy atom. The minimum absolute atomic E-state index is 0.0270. The predicted octanol–water partition coefficient (Wildman–Crippen LogP) is 2.79.